The molecule has 2 unspecified atom stereocenters. The predicted molar refractivity (Wildman–Crippen MR) is 148 cm³/mol. The van der Waals surface area contributed by atoms with E-state index in [2.05, 4.69) is 15.4 Å². The number of amides is 2. The minimum Gasteiger partial charge on any atom is -0.478 e. The van der Waals surface area contributed by atoms with Crippen molar-refractivity contribution in [3.63, 3.8) is 0 Å². The number of carbonyl (C=O) groups is 3. The first-order valence-electron chi connectivity index (χ1n) is 13.0. The van der Waals surface area contributed by atoms with Crippen molar-refractivity contribution in [2.24, 2.45) is 11.7 Å². The van der Waals surface area contributed by atoms with Crippen molar-refractivity contribution < 1.29 is 24.6 Å². The number of nitrogens with zero attached hydrogens (tertiary/aromatic N) is 2. The standard InChI is InChI=1S/C25H38N8O5S/c26-15-33-8-2-5-19(23(33)36)30-21(34)13-29-22(35)20(12-16-6-9-32(10-7-16)25(27)28)31-39-14-17-3-1-4-18(11-17)24(37)38/h1,3-4,11,15-16,19-20,23,26,31,36H,2,5-10,12-14H2,(H3,27,28)(H,29,35)(H,30,34)(H,37,38)/t19?,20-,23?/m1/s1. The van der Waals surface area contributed by atoms with E-state index in [0.717, 1.165) is 31.2 Å². The Morgan fingerprint density at radius 2 is 1.95 bits per heavy atom. The molecule has 2 aliphatic rings. The van der Waals surface area contributed by atoms with Crippen LogP contribution in [-0.2, 0) is 15.3 Å². The van der Waals surface area contributed by atoms with Crippen molar-refractivity contribution in [3.8, 4) is 0 Å². The molecule has 14 heteroatoms. The number of aliphatic hydroxyl groups is 1. The summed E-state index contributed by atoms with van der Waals surface area (Å²) >= 11 is 1.29. The highest BCUT2D eigenvalue weighted by atomic mass is 32.2. The highest BCUT2D eigenvalue weighted by Crippen LogP contribution is 2.23. The zero-order valence-corrected chi connectivity index (χ0v) is 22.6. The van der Waals surface area contributed by atoms with Gasteiger partial charge in [0.25, 0.3) is 0 Å². The van der Waals surface area contributed by atoms with E-state index in [-0.39, 0.29) is 29.9 Å². The zero-order chi connectivity index (χ0) is 28.4. The van der Waals surface area contributed by atoms with Gasteiger partial charge in [0, 0.05) is 25.4 Å². The number of nitrogens with one attached hydrogen (secondary N) is 5. The first-order chi connectivity index (χ1) is 18.7. The second-order valence-corrected chi connectivity index (χ2v) is 10.6. The van der Waals surface area contributed by atoms with Crippen LogP contribution in [0.1, 0.15) is 48.0 Å². The minimum atomic E-state index is -1.01. The first-order valence-corrected chi connectivity index (χ1v) is 14.0. The number of carboxylic acids is 1. The Morgan fingerprint density at radius 3 is 2.62 bits per heavy atom. The van der Waals surface area contributed by atoms with E-state index >= 15 is 0 Å². The largest absolute Gasteiger partial charge is 0.478 e. The van der Waals surface area contributed by atoms with Crippen molar-refractivity contribution >= 4 is 42.0 Å². The lowest BCUT2D eigenvalue weighted by molar-refractivity contribution is -0.128. The molecule has 9 N–H and O–H groups in total. The summed E-state index contributed by atoms with van der Waals surface area (Å²) in [6.45, 7) is 1.58. The van der Waals surface area contributed by atoms with E-state index < -0.39 is 30.2 Å². The lowest BCUT2D eigenvalue weighted by Crippen LogP contribution is -2.56. The van der Waals surface area contributed by atoms with Gasteiger partial charge in [-0.1, -0.05) is 24.1 Å². The van der Waals surface area contributed by atoms with Crippen LogP contribution < -0.4 is 21.1 Å². The van der Waals surface area contributed by atoms with E-state index in [9.17, 15) is 24.6 Å². The Balaban J connectivity index is 1.55. The monoisotopic (exact) mass is 562 g/mol. The molecule has 39 heavy (non-hydrogen) atoms. The van der Waals surface area contributed by atoms with Crippen LogP contribution in [0, 0.1) is 16.7 Å². The molecule has 2 heterocycles. The number of hydrogen-bond donors (Lipinski definition) is 8. The van der Waals surface area contributed by atoms with Gasteiger partial charge in [-0.05, 0) is 55.7 Å². The number of nitrogens with two attached hydrogens (primary N) is 1. The van der Waals surface area contributed by atoms with Crippen LogP contribution in [0.2, 0.25) is 0 Å². The molecule has 0 aromatic heterocycles. The van der Waals surface area contributed by atoms with Crippen LogP contribution in [0.5, 0.6) is 0 Å². The van der Waals surface area contributed by atoms with Gasteiger partial charge in [0.2, 0.25) is 11.8 Å². The summed E-state index contributed by atoms with van der Waals surface area (Å²) in [4.78, 5) is 40.2. The summed E-state index contributed by atoms with van der Waals surface area (Å²) < 4.78 is 3.20. The number of piperidine rings is 2. The van der Waals surface area contributed by atoms with Gasteiger partial charge in [0.15, 0.2) is 5.96 Å². The third-order valence-corrected chi connectivity index (χ3v) is 7.97. The van der Waals surface area contributed by atoms with Gasteiger partial charge in [-0.2, -0.15) is 0 Å². The molecular formula is C25H38N8O5S. The van der Waals surface area contributed by atoms with Crippen LogP contribution in [-0.4, -0.2) is 94.6 Å². The van der Waals surface area contributed by atoms with Crippen molar-refractivity contribution in [2.45, 2.75) is 56.2 Å². The van der Waals surface area contributed by atoms with Crippen molar-refractivity contribution in [1.29, 1.82) is 10.8 Å². The van der Waals surface area contributed by atoms with Crippen LogP contribution in [0.3, 0.4) is 0 Å². The van der Waals surface area contributed by atoms with E-state index in [4.69, 9.17) is 16.6 Å². The molecule has 0 saturated carbocycles. The van der Waals surface area contributed by atoms with Crippen LogP contribution in [0.25, 0.3) is 0 Å². The number of aromatic carboxylic acids is 1. The molecule has 0 bridgehead atoms. The van der Waals surface area contributed by atoms with E-state index in [0.29, 0.717) is 38.2 Å². The quantitative estimate of drug-likeness (QED) is 0.0979. The molecule has 3 rings (SSSR count). The van der Waals surface area contributed by atoms with E-state index in [1.165, 1.54) is 22.9 Å². The molecule has 0 aliphatic carbocycles. The molecule has 1 aromatic rings. The average molecular weight is 563 g/mol. The predicted octanol–water partition coefficient (Wildman–Crippen LogP) is 0.109. The number of hydrogen-bond acceptors (Lipinski definition) is 8. The number of guanidine groups is 1. The highest BCUT2D eigenvalue weighted by molar-refractivity contribution is 7.96. The molecule has 214 valence electrons. The Labute approximate surface area is 232 Å². The minimum absolute atomic E-state index is 0.0397. The first kappa shape index (κ1) is 30.2. The van der Waals surface area contributed by atoms with Crippen LogP contribution in [0.4, 0.5) is 0 Å². The molecule has 2 aliphatic heterocycles. The Kier molecular flexibility index (Phi) is 11.4. The van der Waals surface area contributed by atoms with Gasteiger partial charge in [-0.15, -0.1) is 0 Å². The summed E-state index contributed by atoms with van der Waals surface area (Å²) in [5.74, 6) is -1.07. The van der Waals surface area contributed by atoms with Gasteiger partial charge in [0.05, 0.1) is 30.5 Å². The van der Waals surface area contributed by atoms with Gasteiger partial charge in [-0.25, -0.2) is 4.79 Å². The molecule has 13 nitrogen and oxygen atoms in total. The second-order valence-electron chi connectivity index (χ2n) is 9.83. The summed E-state index contributed by atoms with van der Waals surface area (Å²) in [5.41, 5.74) is 6.59. The number of rotatable bonds is 12. The lowest BCUT2D eigenvalue weighted by atomic mass is 9.90. The van der Waals surface area contributed by atoms with Gasteiger partial charge in [0.1, 0.15) is 6.23 Å². The summed E-state index contributed by atoms with van der Waals surface area (Å²) in [5, 5.41) is 40.0. The molecule has 2 fully saturated rings. The van der Waals surface area contributed by atoms with Gasteiger partial charge < -0.3 is 36.4 Å². The maximum Gasteiger partial charge on any atom is 0.335 e. The zero-order valence-electron chi connectivity index (χ0n) is 21.8. The summed E-state index contributed by atoms with van der Waals surface area (Å²) in [6.07, 6.45) is 3.45. The third-order valence-electron chi connectivity index (χ3n) is 7.05. The molecule has 3 atom stereocenters. The average Bonchev–Trinajstić information content (AvgIpc) is 2.92. The number of carbonyl (C=O) groups excluding carboxylic acids is 2. The third kappa shape index (κ3) is 9.11. The SMILES string of the molecule is N=CN1CCCC(NC(=O)CNC(=O)[C@@H](CC2CCN(C(=N)N)CC2)NSCc2cccc(C(=O)O)c2)C1O. The molecular weight excluding hydrogens is 524 g/mol. The Bertz CT molecular complexity index is 1040. The molecule has 0 radical (unpaired) electrons. The normalized spacial score (nSPS) is 20.6. The van der Waals surface area contributed by atoms with Crippen molar-refractivity contribution in [2.75, 3.05) is 26.2 Å². The fraction of sp³-hybridized carbons (Fsp3) is 0.560. The topological polar surface area (TPSA) is 208 Å². The van der Waals surface area contributed by atoms with Crippen molar-refractivity contribution in [3.05, 3.63) is 35.4 Å². The van der Waals surface area contributed by atoms with Crippen molar-refractivity contribution in [1.82, 2.24) is 25.2 Å². The van der Waals surface area contributed by atoms with E-state index in [1.54, 1.807) is 17.0 Å². The van der Waals surface area contributed by atoms with Gasteiger partial charge >= 0.3 is 5.97 Å². The smallest absolute Gasteiger partial charge is 0.335 e. The maximum atomic E-state index is 13.1. The maximum absolute atomic E-state index is 13.1. The second kappa shape index (κ2) is 14.7. The number of carboxylic acid groups (broad SMARTS) is 1. The van der Waals surface area contributed by atoms with Crippen LogP contribution in [0.15, 0.2) is 24.3 Å². The lowest BCUT2D eigenvalue weighted by Gasteiger charge is -2.36. The number of aliphatic hydroxyl groups excluding tert-OH is 1. The molecule has 0 spiro atoms. The Hall–Kier alpha value is -3.36. The summed E-state index contributed by atoms with van der Waals surface area (Å²) in [7, 11) is 0. The fourth-order valence-corrected chi connectivity index (χ4v) is 5.65. The summed E-state index contributed by atoms with van der Waals surface area (Å²) in [6, 6.07) is 5.48. The van der Waals surface area contributed by atoms with Crippen LogP contribution >= 0.6 is 11.9 Å². The van der Waals surface area contributed by atoms with E-state index in [1.807, 2.05) is 6.07 Å². The molecule has 2 amide bonds. The molecule has 1 aromatic carbocycles. The highest BCUT2D eigenvalue weighted by Gasteiger charge is 2.30. The number of likely N-dealkylation sites (tertiary alicyclic amines) is 2. The van der Waals surface area contributed by atoms with Gasteiger partial charge in [-0.3, -0.25) is 25.1 Å². The number of benzene rings is 1. The fourth-order valence-electron chi connectivity index (χ4n) is 4.81. The Morgan fingerprint density at radius 1 is 1.21 bits per heavy atom. The molecule has 2 saturated heterocycles.